The van der Waals surface area contributed by atoms with Crippen LogP contribution in [0, 0.1) is 0 Å². The van der Waals surface area contributed by atoms with Gasteiger partial charge in [0.2, 0.25) is 0 Å². The van der Waals surface area contributed by atoms with Crippen LogP contribution in [0.1, 0.15) is 10.4 Å². The second-order valence-electron chi connectivity index (χ2n) is 2.00. The third-order valence-electron chi connectivity index (χ3n) is 1.23. The van der Waals surface area contributed by atoms with Crippen LogP contribution in [0.3, 0.4) is 0 Å². The number of carbonyl (C=O) groups excluding carboxylic acids is 1. The van der Waals surface area contributed by atoms with E-state index in [9.17, 15) is 4.79 Å². The third kappa shape index (κ3) is 2.89. The van der Waals surface area contributed by atoms with E-state index in [4.69, 9.17) is 5.73 Å². The van der Waals surface area contributed by atoms with Gasteiger partial charge in [-0.25, -0.2) is 4.98 Å². The molecule has 1 rings (SSSR count). The van der Waals surface area contributed by atoms with Crippen LogP contribution in [-0.2, 0) is 0 Å². The summed E-state index contributed by atoms with van der Waals surface area (Å²) in [5, 5.41) is 0. The van der Waals surface area contributed by atoms with Crippen LogP contribution in [0.25, 0.3) is 0 Å². The second kappa shape index (κ2) is 5.24. The lowest BCUT2D eigenvalue weighted by Crippen LogP contribution is -2.13. The van der Waals surface area contributed by atoms with Crippen molar-refractivity contribution in [2.75, 3.05) is 6.54 Å². The molecule has 0 aliphatic carbocycles. The first kappa shape index (κ1) is 11.6. The molecule has 0 unspecified atom stereocenters. The zero-order chi connectivity index (χ0) is 8.27. The van der Waals surface area contributed by atoms with E-state index in [0.717, 1.165) is 0 Å². The van der Waals surface area contributed by atoms with Crippen LogP contribution in [-0.4, -0.2) is 17.3 Å². The highest BCUT2D eigenvalue weighted by molar-refractivity contribution is 9.10. The Labute approximate surface area is 84.9 Å². The first-order valence-corrected chi connectivity index (χ1v) is 3.88. The summed E-state index contributed by atoms with van der Waals surface area (Å²) in [6, 6.07) is 3.40. The van der Waals surface area contributed by atoms with Crippen LogP contribution < -0.4 is 5.73 Å². The molecule has 0 bridgehead atoms. The molecule has 0 aliphatic heterocycles. The highest BCUT2D eigenvalue weighted by atomic mass is 79.9. The van der Waals surface area contributed by atoms with E-state index in [-0.39, 0.29) is 24.7 Å². The number of nitrogens with two attached hydrogens (primary N) is 1. The fraction of sp³-hybridized carbons (Fsp3) is 0.143. The van der Waals surface area contributed by atoms with Crippen molar-refractivity contribution in [1.82, 2.24) is 4.98 Å². The minimum Gasteiger partial charge on any atom is -0.324 e. The van der Waals surface area contributed by atoms with Crippen molar-refractivity contribution in [2.45, 2.75) is 0 Å². The molecule has 0 saturated carbocycles. The molecular formula is C7H8BrClN2O. The number of pyridine rings is 1. The predicted octanol–water partition coefficient (Wildman–Crippen LogP) is 1.41. The molecule has 0 saturated heterocycles. The van der Waals surface area contributed by atoms with Gasteiger partial charge in [-0.15, -0.1) is 12.4 Å². The molecule has 66 valence electrons. The fourth-order valence-electron chi connectivity index (χ4n) is 0.659. The normalized spacial score (nSPS) is 8.83. The topological polar surface area (TPSA) is 56.0 Å². The maximum atomic E-state index is 10.9. The van der Waals surface area contributed by atoms with Gasteiger partial charge in [-0.1, -0.05) is 0 Å². The molecule has 0 amide bonds. The summed E-state index contributed by atoms with van der Waals surface area (Å²) in [4.78, 5) is 14.8. The average Bonchev–Trinajstić information content (AvgIpc) is 2.05. The lowest BCUT2D eigenvalue weighted by Gasteiger charge is -1.95. The summed E-state index contributed by atoms with van der Waals surface area (Å²) in [5.74, 6) is -0.0926. The number of rotatable bonds is 2. The summed E-state index contributed by atoms with van der Waals surface area (Å²) < 4.78 is 0.714. The molecule has 1 heterocycles. The van der Waals surface area contributed by atoms with Crippen molar-refractivity contribution in [3.05, 3.63) is 28.5 Å². The lowest BCUT2D eigenvalue weighted by molar-refractivity contribution is 0.100. The van der Waals surface area contributed by atoms with Crippen LogP contribution in [0.4, 0.5) is 0 Å². The van der Waals surface area contributed by atoms with Crippen LogP contribution in [0.5, 0.6) is 0 Å². The number of Topliss-reactive ketones (excluding diaryl/α,β-unsaturated/α-hetero) is 1. The molecule has 1 aromatic heterocycles. The number of aromatic nitrogens is 1. The van der Waals surface area contributed by atoms with Crippen molar-refractivity contribution in [2.24, 2.45) is 5.73 Å². The number of nitrogens with zero attached hydrogens (tertiary/aromatic N) is 1. The van der Waals surface area contributed by atoms with Gasteiger partial charge >= 0.3 is 0 Å². The maximum Gasteiger partial charge on any atom is 0.177 e. The van der Waals surface area contributed by atoms with Gasteiger partial charge in [-0.05, 0) is 28.1 Å². The van der Waals surface area contributed by atoms with Gasteiger partial charge < -0.3 is 5.73 Å². The van der Waals surface area contributed by atoms with Crippen molar-refractivity contribution in [3.8, 4) is 0 Å². The number of hydrogen-bond acceptors (Lipinski definition) is 3. The largest absolute Gasteiger partial charge is 0.324 e. The molecule has 0 aromatic carbocycles. The highest BCUT2D eigenvalue weighted by Gasteiger charge is 2.01. The molecule has 1 aromatic rings. The smallest absolute Gasteiger partial charge is 0.177 e. The summed E-state index contributed by atoms with van der Waals surface area (Å²) >= 11 is 3.16. The first-order chi connectivity index (χ1) is 5.24. The second-order valence-corrected chi connectivity index (χ2v) is 2.81. The standard InChI is InChI=1S/C7H7BrN2O.ClH/c8-7-2-1-5(4-10-7)6(11)3-9;/h1-2,4H,3,9H2;1H. The Hall–Kier alpha value is -0.450. The molecule has 0 spiro atoms. The van der Waals surface area contributed by atoms with Gasteiger partial charge in [0.05, 0.1) is 6.54 Å². The number of ketones is 1. The molecule has 0 radical (unpaired) electrons. The Morgan fingerprint density at radius 1 is 1.58 bits per heavy atom. The minimum absolute atomic E-state index is 0. The average molecular weight is 252 g/mol. The van der Waals surface area contributed by atoms with Crippen LogP contribution in [0.15, 0.2) is 22.9 Å². The summed E-state index contributed by atoms with van der Waals surface area (Å²) in [6.45, 7) is 0.0311. The van der Waals surface area contributed by atoms with Crippen molar-refractivity contribution in [1.29, 1.82) is 0 Å². The van der Waals surface area contributed by atoms with Crippen molar-refractivity contribution in [3.63, 3.8) is 0 Å². The Bertz CT molecular complexity index is 263. The number of halogens is 2. The van der Waals surface area contributed by atoms with E-state index >= 15 is 0 Å². The Morgan fingerprint density at radius 2 is 2.25 bits per heavy atom. The van der Waals surface area contributed by atoms with Gasteiger partial charge in [-0.2, -0.15) is 0 Å². The van der Waals surface area contributed by atoms with Crippen molar-refractivity contribution >= 4 is 34.1 Å². The molecule has 0 fully saturated rings. The zero-order valence-corrected chi connectivity index (χ0v) is 8.56. The summed E-state index contributed by atoms with van der Waals surface area (Å²) in [6.07, 6.45) is 1.50. The molecule has 2 N–H and O–H groups in total. The first-order valence-electron chi connectivity index (χ1n) is 3.09. The molecule has 0 aliphatic rings. The predicted molar refractivity (Wildman–Crippen MR) is 52.6 cm³/mol. The van der Waals surface area contributed by atoms with E-state index < -0.39 is 0 Å². The van der Waals surface area contributed by atoms with Crippen LogP contribution >= 0.6 is 28.3 Å². The molecule has 12 heavy (non-hydrogen) atoms. The summed E-state index contributed by atoms with van der Waals surface area (Å²) in [7, 11) is 0. The van der Waals surface area contributed by atoms with Crippen molar-refractivity contribution < 1.29 is 4.79 Å². The highest BCUT2D eigenvalue weighted by Crippen LogP contribution is 2.06. The monoisotopic (exact) mass is 250 g/mol. The third-order valence-corrected chi connectivity index (χ3v) is 1.70. The van der Waals surface area contributed by atoms with Gasteiger partial charge in [0, 0.05) is 11.8 Å². The lowest BCUT2D eigenvalue weighted by atomic mass is 10.2. The molecular weight excluding hydrogens is 243 g/mol. The number of hydrogen-bond donors (Lipinski definition) is 1. The number of carbonyl (C=O) groups is 1. The summed E-state index contributed by atoms with van der Waals surface area (Å²) in [5.41, 5.74) is 5.70. The fourth-order valence-corrected chi connectivity index (χ4v) is 0.893. The maximum absolute atomic E-state index is 10.9. The van der Waals surface area contributed by atoms with Crippen LogP contribution in [0.2, 0.25) is 0 Å². The van der Waals surface area contributed by atoms with E-state index in [0.29, 0.717) is 10.2 Å². The SMILES string of the molecule is Cl.NCC(=O)c1ccc(Br)nc1. The van der Waals surface area contributed by atoms with E-state index in [1.54, 1.807) is 12.1 Å². The van der Waals surface area contributed by atoms with Gasteiger partial charge in [0.1, 0.15) is 4.60 Å². The zero-order valence-electron chi connectivity index (χ0n) is 6.16. The quantitative estimate of drug-likeness (QED) is 0.639. The Balaban J connectivity index is 0.00000121. The van der Waals surface area contributed by atoms with E-state index in [1.165, 1.54) is 6.20 Å². The molecule has 5 heteroatoms. The van der Waals surface area contributed by atoms with Gasteiger partial charge in [0.15, 0.2) is 5.78 Å². The Morgan fingerprint density at radius 3 is 2.67 bits per heavy atom. The molecule has 0 atom stereocenters. The van der Waals surface area contributed by atoms with Gasteiger partial charge in [-0.3, -0.25) is 4.79 Å². The van der Waals surface area contributed by atoms with Gasteiger partial charge in [0.25, 0.3) is 0 Å². The molecule has 3 nitrogen and oxygen atoms in total. The van der Waals surface area contributed by atoms with E-state index in [1.807, 2.05) is 0 Å². The Kier molecular flexibility index (Phi) is 5.04. The van der Waals surface area contributed by atoms with E-state index in [2.05, 4.69) is 20.9 Å². The minimum atomic E-state index is -0.0926.